The van der Waals surface area contributed by atoms with Gasteiger partial charge in [0.2, 0.25) is 11.8 Å². The van der Waals surface area contributed by atoms with Gasteiger partial charge in [-0.25, -0.2) is 0 Å². The number of halogens is 2. The van der Waals surface area contributed by atoms with Gasteiger partial charge >= 0.3 is 12.3 Å². The van der Waals surface area contributed by atoms with Gasteiger partial charge in [-0.15, -0.1) is 10.2 Å². The van der Waals surface area contributed by atoms with Crippen LogP contribution in [0.25, 0.3) is 11.5 Å². The first-order valence-electron chi connectivity index (χ1n) is 11.9. The van der Waals surface area contributed by atoms with Crippen molar-refractivity contribution in [3.8, 4) is 23.0 Å². The Morgan fingerprint density at radius 3 is 2.67 bits per heavy atom. The summed E-state index contributed by atoms with van der Waals surface area (Å²) in [5, 5.41) is 24.1. The molecule has 4 bridgehead atoms. The molecule has 0 saturated heterocycles. The fraction of sp³-hybridized carbons (Fsp3) is 0.542. The average molecular weight is 501 g/mol. The number of rotatable bonds is 8. The third-order valence-electron chi connectivity index (χ3n) is 8.04. The molecule has 4 fully saturated rings. The summed E-state index contributed by atoms with van der Waals surface area (Å²) in [4.78, 5) is 10.8. The lowest BCUT2D eigenvalue weighted by atomic mass is 9.46. The molecular weight excluding hydrogens is 476 g/mol. The highest BCUT2D eigenvalue weighted by Crippen LogP contribution is 2.65. The van der Waals surface area contributed by atoms with Crippen molar-refractivity contribution >= 4 is 5.69 Å². The standard InChI is InChI=1S/C24H25F2N5O5/c1-34-19-5-16(2-3-18(19)35-22(25)26)21-29-28-20(36-21)10-23-6-14-4-15(7-23)9-24(8-14,13-23)30-12-17(11-27-30)31(32)33/h2-3,5,11-12,14-15,22H,4,6-10,13H2,1H3. The summed E-state index contributed by atoms with van der Waals surface area (Å²) >= 11 is 0. The van der Waals surface area contributed by atoms with Crippen LogP contribution >= 0.6 is 0 Å². The van der Waals surface area contributed by atoms with Gasteiger partial charge in [-0.2, -0.15) is 13.9 Å². The second-order valence-electron chi connectivity index (χ2n) is 10.5. The summed E-state index contributed by atoms with van der Waals surface area (Å²) in [6.07, 6.45) is 9.62. The zero-order chi connectivity index (χ0) is 25.1. The molecule has 2 heterocycles. The number of nitrogens with zero attached hydrogens (tertiary/aromatic N) is 5. The van der Waals surface area contributed by atoms with Crippen molar-refractivity contribution < 1.29 is 27.6 Å². The van der Waals surface area contributed by atoms with E-state index in [1.165, 1.54) is 31.9 Å². The summed E-state index contributed by atoms with van der Waals surface area (Å²) in [6.45, 7) is -2.96. The van der Waals surface area contributed by atoms with Crippen LogP contribution in [0.3, 0.4) is 0 Å². The lowest BCUT2D eigenvalue weighted by Crippen LogP contribution is -2.57. The molecule has 4 aliphatic rings. The van der Waals surface area contributed by atoms with E-state index in [0.717, 1.165) is 32.1 Å². The van der Waals surface area contributed by atoms with Crippen LogP contribution in [-0.2, 0) is 12.0 Å². The van der Waals surface area contributed by atoms with Gasteiger partial charge in [-0.1, -0.05) is 0 Å². The monoisotopic (exact) mass is 501 g/mol. The van der Waals surface area contributed by atoms with Crippen LogP contribution in [0, 0.1) is 27.4 Å². The minimum atomic E-state index is -2.96. The number of ether oxygens (including phenoxy) is 2. The van der Waals surface area contributed by atoms with Crippen molar-refractivity contribution in [2.75, 3.05) is 7.11 Å². The summed E-state index contributed by atoms with van der Waals surface area (Å²) in [5.41, 5.74) is 0.288. The van der Waals surface area contributed by atoms with Crippen LogP contribution in [0.5, 0.6) is 11.5 Å². The predicted molar refractivity (Wildman–Crippen MR) is 121 cm³/mol. The molecule has 12 heteroatoms. The molecule has 0 radical (unpaired) electrons. The van der Waals surface area contributed by atoms with Crippen LogP contribution < -0.4 is 9.47 Å². The van der Waals surface area contributed by atoms with Crippen LogP contribution in [0.4, 0.5) is 14.5 Å². The number of methoxy groups -OCH3 is 1. The molecule has 0 aliphatic heterocycles. The van der Waals surface area contributed by atoms with Crippen molar-refractivity contribution in [1.29, 1.82) is 0 Å². The van der Waals surface area contributed by atoms with Gasteiger partial charge < -0.3 is 13.9 Å². The lowest BCUT2D eigenvalue weighted by molar-refractivity contribution is -0.385. The average Bonchev–Trinajstić information content (AvgIpc) is 3.48. The molecular formula is C24H25F2N5O5. The van der Waals surface area contributed by atoms with Crippen molar-refractivity contribution in [3.05, 3.63) is 46.6 Å². The molecule has 36 heavy (non-hydrogen) atoms. The zero-order valence-electron chi connectivity index (χ0n) is 19.6. The third-order valence-corrected chi connectivity index (χ3v) is 8.04. The number of nitro groups is 1. The highest BCUT2D eigenvalue weighted by atomic mass is 19.3. The van der Waals surface area contributed by atoms with Crippen molar-refractivity contribution in [2.24, 2.45) is 17.3 Å². The van der Waals surface area contributed by atoms with Gasteiger partial charge in [0, 0.05) is 12.0 Å². The Morgan fingerprint density at radius 2 is 2.00 bits per heavy atom. The van der Waals surface area contributed by atoms with Crippen molar-refractivity contribution in [3.63, 3.8) is 0 Å². The molecule has 10 nitrogen and oxygen atoms in total. The molecule has 0 amide bonds. The Bertz CT molecular complexity index is 1290. The number of hydrogen-bond donors (Lipinski definition) is 0. The summed E-state index contributed by atoms with van der Waals surface area (Å²) < 4.78 is 42.8. The number of aromatic nitrogens is 4. The van der Waals surface area contributed by atoms with Crippen molar-refractivity contribution in [2.45, 2.75) is 57.1 Å². The number of hydrogen-bond acceptors (Lipinski definition) is 8. The Hall–Kier alpha value is -3.57. The zero-order valence-corrected chi connectivity index (χ0v) is 19.6. The first-order chi connectivity index (χ1) is 17.3. The van der Waals surface area contributed by atoms with E-state index < -0.39 is 11.5 Å². The maximum Gasteiger partial charge on any atom is 0.387 e. The smallest absolute Gasteiger partial charge is 0.387 e. The Labute approximate surface area is 204 Å². The minimum Gasteiger partial charge on any atom is -0.493 e. The molecule has 0 N–H and O–H groups in total. The van der Waals surface area contributed by atoms with Crippen molar-refractivity contribution in [1.82, 2.24) is 20.0 Å². The second-order valence-corrected chi connectivity index (χ2v) is 10.5. The van der Waals surface area contributed by atoms with Crippen LogP contribution in [-0.4, -0.2) is 38.6 Å². The summed E-state index contributed by atoms with van der Waals surface area (Å²) in [7, 11) is 1.37. The summed E-state index contributed by atoms with van der Waals surface area (Å²) in [5.74, 6) is 1.92. The minimum absolute atomic E-state index is 0.0155. The van der Waals surface area contributed by atoms with Crippen LogP contribution in [0.2, 0.25) is 0 Å². The highest BCUT2D eigenvalue weighted by molar-refractivity contribution is 5.59. The topological polar surface area (TPSA) is 118 Å². The largest absolute Gasteiger partial charge is 0.493 e. The van der Waals surface area contributed by atoms with Gasteiger partial charge in [-0.3, -0.25) is 14.8 Å². The van der Waals surface area contributed by atoms with E-state index in [2.05, 4.69) is 20.0 Å². The SMILES string of the molecule is COc1cc(-c2nnc(CC34CC5CC(C3)CC(n3cc([N+](=O)[O-])cn3)(C5)C4)o2)ccc1OC(F)F. The molecule has 0 spiro atoms. The first kappa shape index (κ1) is 22.9. The molecule has 7 rings (SSSR count). The molecule has 3 aromatic rings. The molecule has 190 valence electrons. The highest BCUT2D eigenvalue weighted by Gasteiger charge is 2.59. The fourth-order valence-corrected chi connectivity index (χ4v) is 7.30. The molecule has 2 aromatic heterocycles. The molecule has 1 aromatic carbocycles. The van der Waals surface area contributed by atoms with Gasteiger partial charge in [0.15, 0.2) is 11.5 Å². The molecule has 2 atom stereocenters. The number of benzene rings is 1. The van der Waals surface area contributed by atoms with E-state index in [-0.39, 0.29) is 34.0 Å². The van der Waals surface area contributed by atoms with E-state index in [9.17, 15) is 18.9 Å². The van der Waals surface area contributed by atoms with Gasteiger partial charge in [-0.05, 0) is 74.0 Å². The third kappa shape index (κ3) is 3.88. The van der Waals surface area contributed by atoms with E-state index in [1.807, 2.05) is 4.68 Å². The molecule has 4 saturated carbocycles. The Morgan fingerprint density at radius 1 is 1.22 bits per heavy atom. The Kier molecular flexibility index (Phi) is 5.23. The van der Waals surface area contributed by atoms with E-state index in [1.54, 1.807) is 12.3 Å². The van der Waals surface area contributed by atoms with Crippen LogP contribution in [0.15, 0.2) is 35.0 Å². The van der Waals surface area contributed by atoms with Gasteiger partial charge in [0.1, 0.15) is 12.4 Å². The Balaban J connectivity index is 1.25. The predicted octanol–water partition coefficient (Wildman–Crippen LogP) is 4.99. The van der Waals surface area contributed by atoms with E-state index in [4.69, 9.17) is 9.15 Å². The molecule has 2 unspecified atom stereocenters. The van der Waals surface area contributed by atoms with E-state index in [0.29, 0.717) is 29.7 Å². The maximum atomic E-state index is 12.6. The molecule has 4 aliphatic carbocycles. The van der Waals surface area contributed by atoms with Gasteiger partial charge in [0.05, 0.1) is 17.6 Å². The van der Waals surface area contributed by atoms with Gasteiger partial charge in [0.25, 0.3) is 0 Å². The first-order valence-corrected chi connectivity index (χ1v) is 11.9. The summed E-state index contributed by atoms with van der Waals surface area (Å²) in [6, 6.07) is 4.48. The quantitative estimate of drug-likeness (QED) is 0.313. The van der Waals surface area contributed by atoms with Crippen LogP contribution in [0.1, 0.15) is 44.4 Å². The second kappa shape index (κ2) is 8.24. The lowest BCUT2D eigenvalue weighted by Gasteiger charge is -2.61. The normalized spacial score (nSPS) is 28.6. The number of alkyl halides is 2. The fourth-order valence-electron chi connectivity index (χ4n) is 7.30. The van der Waals surface area contributed by atoms with E-state index >= 15 is 0 Å². The maximum absolute atomic E-state index is 12.6.